The van der Waals surface area contributed by atoms with Crippen molar-refractivity contribution in [2.45, 2.75) is 32.4 Å². The number of nitrogens with two attached hydrogens (primary N) is 1. The molecule has 0 heterocycles. The van der Waals surface area contributed by atoms with Crippen molar-refractivity contribution in [1.82, 2.24) is 5.32 Å². The van der Waals surface area contributed by atoms with Crippen LogP contribution in [0.5, 0.6) is 0 Å². The number of hydrogen-bond donors (Lipinski definition) is 2. The van der Waals surface area contributed by atoms with Crippen LogP contribution in [0.4, 0.5) is 9.18 Å². The Hall–Kier alpha value is -1.33. The fourth-order valence-electron chi connectivity index (χ4n) is 1.50. The Kier molecular flexibility index (Phi) is 5.14. The van der Waals surface area contributed by atoms with Gasteiger partial charge in [-0.2, -0.15) is 0 Å². The zero-order valence-electron chi connectivity index (χ0n) is 11.2. The first kappa shape index (κ1) is 15.7. The molecule has 0 aliphatic carbocycles. The van der Waals surface area contributed by atoms with Crippen molar-refractivity contribution >= 4 is 17.7 Å². The molecule has 0 spiro atoms. The van der Waals surface area contributed by atoms with Gasteiger partial charge in [-0.25, -0.2) is 9.18 Å². The first-order chi connectivity index (χ1) is 8.71. The highest BCUT2D eigenvalue weighted by molar-refractivity contribution is 6.30. The van der Waals surface area contributed by atoms with Gasteiger partial charge in [0.1, 0.15) is 11.4 Å². The lowest BCUT2D eigenvalue weighted by Gasteiger charge is -2.23. The molecule has 0 aromatic heterocycles. The minimum absolute atomic E-state index is 0.110. The van der Waals surface area contributed by atoms with Crippen LogP contribution in [0.3, 0.4) is 0 Å². The van der Waals surface area contributed by atoms with E-state index in [9.17, 15) is 9.18 Å². The van der Waals surface area contributed by atoms with E-state index in [4.69, 9.17) is 22.1 Å². The molecule has 1 atom stereocenters. The van der Waals surface area contributed by atoms with Gasteiger partial charge in [0.05, 0.1) is 6.04 Å². The second-order valence-electron chi connectivity index (χ2n) is 5.14. The van der Waals surface area contributed by atoms with Gasteiger partial charge in [0, 0.05) is 11.6 Å². The maximum Gasteiger partial charge on any atom is 0.408 e. The van der Waals surface area contributed by atoms with Crippen molar-refractivity contribution < 1.29 is 13.9 Å². The molecule has 106 valence electrons. The number of halogens is 2. The second kappa shape index (κ2) is 6.21. The second-order valence-corrected chi connectivity index (χ2v) is 5.57. The van der Waals surface area contributed by atoms with E-state index in [-0.39, 0.29) is 11.6 Å². The summed E-state index contributed by atoms with van der Waals surface area (Å²) in [6.45, 7) is 5.37. The summed E-state index contributed by atoms with van der Waals surface area (Å²) in [6, 6.07) is 3.47. The zero-order valence-corrected chi connectivity index (χ0v) is 11.9. The standard InChI is InChI=1S/C13H18ClFN2O2/c1-13(2,3)19-12(18)17-11(7-16)8-4-9(14)6-10(15)5-8/h4-6,11H,7,16H2,1-3H3,(H,17,18). The van der Waals surface area contributed by atoms with Gasteiger partial charge in [0.2, 0.25) is 0 Å². The number of ether oxygens (including phenoxy) is 1. The summed E-state index contributed by atoms with van der Waals surface area (Å²) in [5.41, 5.74) is 5.47. The zero-order chi connectivity index (χ0) is 14.6. The molecule has 19 heavy (non-hydrogen) atoms. The highest BCUT2D eigenvalue weighted by Gasteiger charge is 2.20. The van der Waals surface area contributed by atoms with E-state index in [1.807, 2.05) is 0 Å². The number of rotatable bonds is 3. The monoisotopic (exact) mass is 288 g/mol. The van der Waals surface area contributed by atoms with Gasteiger partial charge in [0.25, 0.3) is 0 Å². The third kappa shape index (κ3) is 5.44. The molecule has 1 unspecified atom stereocenters. The Morgan fingerprint density at radius 2 is 2.11 bits per heavy atom. The highest BCUT2D eigenvalue weighted by atomic mass is 35.5. The summed E-state index contributed by atoms with van der Waals surface area (Å²) in [7, 11) is 0. The van der Waals surface area contributed by atoms with Crippen LogP contribution in [0, 0.1) is 5.82 Å². The van der Waals surface area contributed by atoms with Crippen LogP contribution < -0.4 is 11.1 Å². The molecule has 0 fully saturated rings. The van der Waals surface area contributed by atoms with Crippen LogP contribution in [0.2, 0.25) is 5.02 Å². The number of carbonyl (C=O) groups excluding carboxylic acids is 1. The molecule has 1 rings (SSSR count). The maximum absolute atomic E-state index is 13.3. The van der Waals surface area contributed by atoms with E-state index in [1.165, 1.54) is 12.1 Å². The topological polar surface area (TPSA) is 64.3 Å². The molecule has 0 aliphatic rings. The Bertz CT molecular complexity index is 440. The smallest absolute Gasteiger partial charge is 0.408 e. The number of carbonyl (C=O) groups is 1. The Labute approximate surface area is 117 Å². The van der Waals surface area contributed by atoms with Gasteiger partial charge < -0.3 is 15.8 Å². The molecule has 1 amide bonds. The molecular formula is C13H18ClFN2O2. The third-order valence-corrected chi connectivity index (χ3v) is 2.43. The van der Waals surface area contributed by atoms with Crippen molar-refractivity contribution in [3.8, 4) is 0 Å². The van der Waals surface area contributed by atoms with E-state index < -0.39 is 23.6 Å². The fraction of sp³-hybridized carbons (Fsp3) is 0.462. The molecule has 4 nitrogen and oxygen atoms in total. The SMILES string of the molecule is CC(C)(C)OC(=O)NC(CN)c1cc(F)cc(Cl)c1. The number of nitrogens with one attached hydrogen (secondary N) is 1. The van der Waals surface area contributed by atoms with E-state index in [2.05, 4.69) is 5.32 Å². The van der Waals surface area contributed by atoms with Gasteiger partial charge in [-0.15, -0.1) is 0 Å². The summed E-state index contributed by atoms with van der Waals surface area (Å²) in [5.74, 6) is -0.480. The molecule has 6 heteroatoms. The van der Waals surface area contributed by atoms with E-state index in [0.717, 1.165) is 0 Å². The molecule has 0 saturated heterocycles. The van der Waals surface area contributed by atoms with Crippen LogP contribution in [0.15, 0.2) is 18.2 Å². The van der Waals surface area contributed by atoms with Gasteiger partial charge in [-0.1, -0.05) is 11.6 Å². The average molecular weight is 289 g/mol. The van der Waals surface area contributed by atoms with Crippen LogP contribution in [0.25, 0.3) is 0 Å². The fourth-order valence-corrected chi connectivity index (χ4v) is 1.73. The van der Waals surface area contributed by atoms with E-state index in [0.29, 0.717) is 5.56 Å². The van der Waals surface area contributed by atoms with Crippen molar-refractivity contribution in [3.05, 3.63) is 34.6 Å². The summed E-state index contributed by atoms with van der Waals surface area (Å²) in [6.07, 6.45) is -0.608. The minimum Gasteiger partial charge on any atom is -0.444 e. The van der Waals surface area contributed by atoms with E-state index in [1.54, 1.807) is 26.8 Å². The third-order valence-electron chi connectivity index (χ3n) is 2.21. The number of benzene rings is 1. The predicted octanol–water partition coefficient (Wildman–Crippen LogP) is 3.00. The molecule has 3 N–H and O–H groups in total. The summed E-state index contributed by atoms with van der Waals surface area (Å²) in [4.78, 5) is 11.7. The maximum atomic E-state index is 13.3. The van der Waals surface area contributed by atoms with Gasteiger partial charge in [-0.3, -0.25) is 0 Å². The van der Waals surface area contributed by atoms with Crippen LogP contribution in [0.1, 0.15) is 32.4 Å². The summed E-state index contributed by atoms with van der Waals surface area (Å²) < 4.78 is 18.4. The molecule has 0 radical (unpaired) electrons. The number of hydrogen-bond acceptors (Lipinski definition) is 3. The Balaban J connectivity index is 2.81. The Morgan fingerprint density at radius 3 is 2.58 bits per heavy atom. The average Bonchev–Trinajstić information content (AvgIpc) is 2.21. The van der Waals surface area contributed by atoms with Gasteiger partial charge in [0.15, 0.2) is 0 Å². The first-order valence-corrected chi connectivity index (χ1v) is 6.24. The largest absolute Gasteiger partial charge is 0.444 e. The number of alkyl carbamates (subject to hydrolysis) is 1. The van der Waals surface area contributed by atoms with E-state index >= 15 is 0 Å². The summed E-state index contributed by atoms with van der Waals surface area (Å²) >= 11 is 5.77. The minimum atomic E-state index is -0.608. The summed E-state index contributed by atoms with van der Waals surface area (Å²) in [5, 5.41) is 2.83. The van der Waals surface area contributed by atoms with Crippen LogP contribution >= 0.6 is 11.6 Å². The molecule has 0 bridgehead atoms. The van der Waals surface area contributed by atoms with Crippen molar-refractivity contribution in [3.63, 3.8) is 0 Å². The van der Waals surface area contributed by atoms with Crippen molar-refractivity contribution in [2.75, 3.05) is 6.54 Å². The van der Waals surface area contributed by atoms with Crippen LogP contribution in [-0.4, -0.2) is 18.2 Å². The predicted molar refractivity (Wildman–Crippen MR) is 72.6 cm³/mol. The lowest BCUT2D eigenvalue weighted by molar-refractivity contribution is 0.0505. The van der Waals surface area contributed by atoms with Crippen molar-refractivity contribution in [1.29, 1.82) is 0 Å². The molecule has 1 aromatic carbocycles. The lowest BCUT2D eigenvalue weighted by atomic mass is 10.1. The lowest BCUT2D eigenvalue weighted by Crippen LogP contribution is -2.37. The first-order valence-electron chi connectivity index (χ1n) is 5.87. The quantitative estimate of drug-likeness (QED) is 0.898. The molecule has 1 aromatic rings. The highest BCUT2D eigenvalue weighted by Crippen LogP contribution is 2.20. The molecule has 0 saturated carbocycles. The van der Waals surface area contributed by atoms with Gasteiger partial charge >= 0.3 is 6.09 Å². The normalized spacial score (nSPS) is 12.9. The Morgan fingerprint density at radius 1 is 1.47 bits per heavy atom. The van der Waals surface area contributed by atoms with Gasteiger partial charge in [-0.05, 0) is 44.5 Å². The molecular weight excluding hydrogens is 271 g/mol. The molecule has 0 aliphatic heterocycles. The van der Waals surface area contributed by atoms with Crippen LogP contribution in [-0.2, 0) is 4.74 Å². The van der Waals surface area contributed by atoms with Crippen molar-refractivity contribution in [2.24, 2.45) is 5.73 Å². The number of amides is 1.